The van der Waals surface area contributed by atoms with Crippen LogP contribution in [0.5, 0.6) is 5.75 Å². The third kappa shape index (κ3) is 4.88. The monoisotopic (exact) mass is 532 g/mol. The molecule has 1 saturated heterocycles. The van der Waals surface area contributed by atoms with Crippen LogP contribution in [0.15, 0.2) is 66.2 Å². The van der Waals surface area contributed by atoms with Crippen molar-refractivity contribution in [3.05, 3.63) is 93.5 Å². The van der Waals surface area contributed by atoms with Crippen LogP contribution < -0.4 is 14.5 Å². The Morgan fingerprint density at radius 2 is 1.68 bits per heavy atom. The molecule has 3 aromatic rings. The lowest BCUT2D eigenvalue weighted by Gasteiger charge is -2.28. The molecule has 3 aromatic carbocycles. The third-order valence-electron chi connectivity index (χ3n) is 7.12. The van der Waals surface area contributed by atoms with E-state index < -0.39 is 17.7 Å². The summed E-state index contributed by atoms with van der Waals surface area (Å²) < 4.78 is 5.59. The molecule has 0 bridgehead atoms. The predicted octanol–water partition coefficient (Wildman–Crippen LogP) is 6.83. The van der Waals surface area contributed by atoms with Gasteiger partial charge in [0.05, 0.1) is 23.2 Å². The lowest BCUT2D eigenvalue weighted by atomic mass is 9.94. The Morgan fingerprint density at radius 1 is 1.00 bits per heavy atom. The Morgan fingerprint density at radius 3 is 2.32 bits per heavy atom. The van der Waals surface area contributed by atoms with E-state index >= 15 is 0 Å². The second-order valence-corrected chi connectivity index (χ2v) is 9.63. The Bertz CT molecular complexity index is 1390. The molecule has 0 aliphatic carbocycles. The number of carbonyl (C=O) groups is 2. The molecule has 1 aliphatic heterocycles. The number of aliphatic hydroxyl groups is 1. The third-order valence-corrected chi connectivity index (χ3v) is 7.45. The zero-order valence-electron chi connectivity index (χ0n) is 22.4. The van der Waals surface area contributed by atoms with Gasteiger partial charge in [-0.15, -0.1) is 0 Å². The van der Waals surface area contributed by atoms with E-state index in [1.54, 1.807) is 18.2 Å². The van der Waals surface area contributed by atoms with Crippen molar-refractivity contribution in [2.45, 2.75) is 40.7 Å². The Labute approximate surface area is 229 Å². The summed E-state index contributed by atoms with van der Waals surface area (Å²) in [7, 11) is 0. The fourth-order valence-corrected chi connectivity index (χ4v) is 5.14. The number of ether oxygens (including phenoxy) is 1. The number of hydrogen-bond acceptors (Lipinski definition) is 5. The highest BCUT2D eigenvalue weighted by Crippen LogP contribution is 2.44. The summed E-state index contributed by atoms with van der Waals surface area (Å²) in [5.74, 6) is -1.29. The van der Waals surface area contributed by atoms with Crippen LogP contribution in [0, 0.1) is 13.8 Å². The first-order valence-corrected chi connectivity index (χ1v) is 13.3. The van der Waals surface area contributed by atoms with Crippen molar-refractivity contribution in [2.75, 3.05) is 29.5 Å². The molecule has 1 N–H and O–H groups in total. The van der Waals surface area contributed by atoms with Gasteiger partial charge in [0.25, 0.3) is 11.7 Å². The molecule has 1 heterocycles. The van der Waals surface area contributed by atoms with Gasteiger partial charge in [-0.1, -0.05) is 35.9 Å². The highest BCUT2D eigenvalue weighted by atomic mass is 35.5. The first-order valence-electron chi connectivity index (χ1n) is 12.9. The largest absolute Gasteiger partial charge is 0.507 e. The summed E-state index contributed by atoms with van der Waals surface area (Å²) in [6, 6.07) is 17.5. The second kappa shape index (κ2) is 11.3. The summed E-state index contributed by atoms with van der Waals surface area (Å²) in [6.07, 6.45) is 0. The van der Waals surface area contributed by atoms with E-state index in [2.05, 4.69) is 18.7 Å². The van der Waals surface area contributed by atoms with Crippen LogP contribution in [-0.4, -0.2) is 36.5 Å². The first kappa shape index (κ1) is 27.3. The molecule has 1 atom stereocenters. The molecule has 4 rings (SSSR count). The molecule has 6 nitrogen and oxygen atoms in total. The van der Waals surface area contributed by atoms with Gasteiger partial charge in [0.15, 0.2) is 0 Å². The maximum Gasteiger partial charge on any atom is 0.300 e. The van der Waals surface area contributed by atoms with Crippen LogP contribution >= 0.6 is 11.6 Å². The van der Waals surface area contributed by atoms with Gasteiger partial charge < -0.3 is 14.7 Å². The number of amides is 1. The van der Waals surface area contributed by atoms with Gasteiger partial charge in [-0.2, -0.15) is 0 Å². The molecule has 38 heavy (non-hydrogen) atoms. The smallest absolute Gasteiger partial charge is 0.300 e. The van der Waals surface area contributed by atoms with E-state index in [0.29, 0.717) is 23.6 Å². The number of halogens is 1. The molecule has 0 radical (unpaired) electrons. The second-order valence-electron chi connectivity index (χ2n) is 9.23. The van der Waals surface area contributed by atoms with Crippen LogP contribution in [0.4, 0.5) is 11.4 Å². The quantitative estimate of drug-likeness (QED) is 0.196. The molecule has 1 amide bonds. The number of carbonyl (C=O) groups excluding carboxylic acids is 2. The zero-order valence-corrected chi connectivity index (χ0v) is 23.2. The molecule has 198 valence electrons. The minimum absolute atomic E-state index is 0.0120. The fourth-order valence-electron chi connectivity index (χ4n) is 4.94. The first-order chi connectivity index (χ1) is 18.2. The average Bonchev–Trinajstić information content (AvgIpc) is 3.17. The summed E-state index contributed by atoms with van der Waals surface area (Å²) >= 11 is 6.47. The molecular formula is C31H33ClN2O4. The minimum atomic E-state index is -0.840. The number of rotatable bonds is 8. The Balaban J connectivity index is 1.95. The summed E-state index contributed by atoms with van der Waals surface area (Å²) in [4.78, 5) is 30.9. The zero-order chi connectivity index (χ0) is 27.6. The summed E-state index contributed by atoms with van der Waals surface area (Å²) in [5.41, 5.74) is 4.47. The van der Waals surface area contributed by atoms with E-state index in [0.717, 1.165) is 29.9 Å². The number of ketones is 1. The predicted molar refractivity (Wildman–Crippen MR) is 153 cm³/mol. The van der Waals surface area contributed by atoms with Crippen molar-refractivity contribution in [2.24, 2.45) is 0 Å². The number of nitrogens with zero attached hydrogens (tertiary/aromatic N) is 2. The van der Waals surface area contributed by atoms with Gasteiger partial charge in [-0.3, -0.25) is 14.5 Å². The molecule has 0 aromatic heterocycles. The molecule has 0 saturated carbocycles. The highest BCUT2D eigenvalue weighted by Gasteiger charge is 2.47. The maximum absolute atomic E-state index is 13.6. The van der Waals surface area contributed by atoms with Gasteiger partial charge in [0.2, 0.25) is 0 Å². The molecule has 1 fully saturated rings. The van der Waals surface area contributed by atoms with Crippen molar-refractivity contribution >= 4 is 40.4 Å². The minimum Gasteiger partial charge on any atom is -0.507 e. The molecule has 0 spiro atoms. The van der Waals surface area contributed by atoms with Crippen LogP contribution in [0.1, 0.15) is 49.1 Å². The molecular weight excluding hydrogens is 500 g/mol. The topological polar surface area (TPSA) is 70.1 Å². The van der Waals surface area contributed by atoms with E-state index in [4.69, 9.17) is 16.3 Å². The lowest BCUT2D eigenvalue weighted by molar-refractivity contribution is -0.132. The molecule has 7 heteroatoms. The van der Waals surface area contributed by atoms with Crippen LogP contribution in [-0.2, 0) is 9.59 Å². The average molecular weight is 533 g/mol. The fraction of sp³-hybridized carbons (Fsp3) is 0.290. The highest BCUT2D eigenvalue weighted by molar-refractivity contribution is 6.52. The van der Waals surface area contributed by atoms with E-state index in [1.165, 1.54) is 4.90 Å². The number of benzene rings is 3. The summed E-state index contributed by atoms with van der Waals surface area (Å²) in [5, 5.41) is 11.8. The van der Waals surface area contributed by atoms with Crippen LogP contribution in [0.3, 0.4) is 0 Å². The number of hydrogen-bond donors (Lipinski definition) is 1. The standard InChI is InChI=1S/C31H33ClN2O4/c1-6-33(7-2)22-14-12-21(13-15-22)28-27(29(35)24-18-23(38-8-3)16-17-25(24)32)30(36)31(37)34(28)26-11-9-10-19(4)20(26)5/h9-18,28,35H,6-8H2,1-5H3/b29-27+. The Hall–Kier alpha value is -3.77. The van der Waals surface area contributed by atoms with Gasteiger partial charge in [0, 0.05) is 30.0 Å². The van der Waals surface area contributed by atoms with Gasteiger partial charge in [0.1, 0.15) is 11.5 Å². The van der Waals surface area contributed by atoms with Gasteiger partial charge in [-0.25, -0.2) is 0 Å². The SMILES string of the molecule is CCOc1ccc(Cl)c(/C(O)=C2\C(=O)C(=O)N(c3cccc(C)c3C)C2c2ccc(N(CC)CC)cc2)c1. The van der Waals surface area contributed by atoms with Crippen molar-refractivity contribution < 1.29 is 19.4 Å². The van der Waals surface area contributed by atoms with Crippen molar-refractivity contribution in [1.82, 2.24) is 0 Å². The molecule has 1 unspecified atom stereocenters. The van der Waals surface area contributed by atoms with Crippen molar-refractivity contribution in [3.63, 3.8) is 0 Å². The number of aliphatic hydroxyl groups excluding tert-OH is 1. The van der Waals surface area contributed by atoms with Gasteiger partial charge >= 0.3 is 0 Å². The van der Waals surface area contributed by atoms with Crippen LogP contribution in [0.2, 0.25) is 5.02 Å². The number of Topliss-reactive ketones (excluding diaryl/α,β-unsaturated/α-hetero) is 1. The summed E-state index contributed by atoms with van der Waals surface area (Å²) in [6.45, 7) is 12.1. The van der Waals surface area contributed by atoms with E-state index in [-0.39, 0.29) is 21.9 Å². The van der Waals surface area contributed by atoms with Crippen LogP contribution in [0.25, 0.3) is 5.76 Å². The normalized spacial score (nSPS) is 16.7. The van der Waals surface area contributed by atoms with E-state index in [9.17, 15) is 14.7 Å². The van der Waals surface area contributed by atoms with Crippen molar-refractivity contribution in [3.8, 4) is 5.75 Å². The van der Waals surface area contributed by atoms with Gasteiger partial charge in [-0.05, 0) is 87.7 Å². The lowest BCUT2D eigenvalue weighted by Crippen LogP contribution is -2.30. The maximum atomic E-state index is 13.6. The number of aryl methyl sites for hydroxylation is 1. The molecule has 1 aliphatic rings. The Kier molecular flexibility index (Phi) is 8.12. The van der Waals surface area contributed by atoms with Crippen molar-refractivity contribution in [1.29, 1.82) is 0 Å². The van der Waals surface area contributed by atoms with E-state index in [1.807, 2.05) is 63.2 Å². The number of anilines is 2.